The summed E-state index contributed by atoms with van der Waals surface area (Å²) in [7, 11) is 0. The quantitative estimate of drug-likeness (QED) is 0.862. The Morgan fingerprint density at radius 3 is 2.24 bits per heavy atom. The number of carbonyl (C=O) groups excluding carboxylic acids is 1. The molecule has 4 nitrogen and oxygen atoms in total. The fourth-order valence-corrected chi connectivity index (χ4v) is 3.00. The number of hydrogen-bond donors (Lipinski definition) is 0. The van der Waals surface area contributed by atoms with Crippen LogP contribution in [0.2, 0.25) is 0 Å². The molecule has 0 radical (unpaired) electrons. The van der Waals surface area contributed by atoms with Gasteiger partial charge in [0.05, 0.1) is 11.6 Å². The van der Waals surface area contributed by atoms with Crippen molar-refractivity contribution < 1.29 is 13.6 Å². The first-order valence-corrected chi connectivity index (χ1v) is 8.03. The molecule has 0 aliphatic carbocycles. The van der Waals surface area contributed by atoms with Crippen molar-refractivity contribution in [2.24, 2.45) is 0 Å². The molecule has 0 bridgehead atoms. The van der Waals surface area contributed by atoms with Crippen LogP contribution in [0.3, 0.4) is 0 Å². The summed E-state index contributed by atoms with van der Waals surface area (Å²) in [4.78, 5) is 16.0. The molecule has 1 atom stereocenters. The average Bonchev–Trinajstić information content (AvgIpc) is 2.64. The van der Waals surface area contributed by atoms with Crippen molar-refractivity contribution in [3.05, 3.63) is 71.3 Å². The molecule has 6 heteroatoms. The van der Waals surface area contributed by atoms with Gasteiger partial charge >= 0.3 is 0 Å². The second kappa shape index (κ2) is 7.41. The van der Waals surface area contributed by atoms with Crippen LogP contribution in [0.4, 0.5) is 8.78 Å². The second-order valence-corrected chi connectivity index (χ2v) is 5.89. The summed E-state index contributed by atoms with van der Waals surface area (Å²) in [5, 5.41) is 9.47. The van der Waals surface area contributed by atoms with Gasteiger partial charge in [-0.3, -0.25) is 9.69 Å². The molecule has 3 rings (SSSR count). The predicted molar refractivity (Wildman–Crippen MR) is 88.6 cm³/mol. The molecule has 2 aromatic carbocycles. The zero-order chi connectivity index (χ0) is 17.8. The maximum absolute atomic E-state index is 13.8. The number of nitriles is 1. The molecule has 1 fully saturated rings. The van der Waals surface area contributed by atoms with E-state index in [2.05, 4.69) is 6.07 Å². The van der Waals surface area contributed by atoms with Gasteiger partial charge in [-0.25, -0.2) is 8.78 Å². The zero-order valence-electron chi connectivity index (χ0n) is 13.5. The molecular formula is C19H17F2N3O. The largest absolute Gasteiger partial charge is 0.336 e. The van der Waals surface area contributed by atoms with Crippen LogP contribution in [0, 0.1) is 23.0 Å². The van der Waals surface area contributed by atoms with Gasteiger partial charge in [-0.05, 0) is 29.8 Å². The van der Waals surface area contributed by atoms with Crippen LogP contribution in [0.1, 0.15) is 22.0 Å². The van der Waals surface area contributed by atoms with Gasteiger partial charge < -0.3 is 4.90 Å². The third-order valence-electron chi connectivity index (χ3n) is 4.38. The van der Waals surface area contributed by atoms with Crippen LogP contribution in [0.5, 0.6) is 0 Å². The summed E-state index contributed by atoms with van der Waals surface area (Å²) in [6.07, 6.45) is 0. The highest BCUT2D eigenvalue weighted by Gasteiger charge is 2.28. The van der Waals surface area contributed by atoms with Crippen molar-refractivity contribution in [1.82, 2.24) is 9.80 Å². The molecule has 0 spiro atoms. The van der Waals surface area contributed by atoms with Crippen LogP contribution < -0.4 is 0 Å². The highest BCUT2D eigenvalue weighted by atomic mass is 19.1. The molecule has 0 saturated carbocycles. The van der Waals surface area contributed by atoms with Crippen molar-refractivity contribution in [3.63, 3.8) is 0 Å². The van der Waals surface area contributed by atoms with Crippen LogP contribution >= 0.6 is 0 Å². The van der Waals surface area contributed by atoms with E-state index in [-0.39, 0.29) is 17.3 Å². The summed E-state index contributed by atoms with van der Waals surface area (Å²) < 4.78 is 26.8. The molecule has 0 unspecified atom stereocenters. The van der Waals surface area contributed by atoms with Gasteiger partial charge in [-0.2, -0.15) is 5.26 Å². The minimum atomic E-state index is -0.531. The van der Waals surface area contributed by atoms with E-state index in [4.69, 9.17) is 0 Å². The lowest BCUT2D eigenvalue weighted by molar-refractivity contribution is 0.0602. The lowest BCUT2D eigenvalue weighted by Gasteiger charge is -2.37. The second-order valence-electron chi connectivity index (χ2n) is 5.89. The van der Waals surface area contributed by atoms with Crippen LogP contribution in [-0.2, 0) is 0 Å². The summed E-state index contributed by atoms with van der Waals surface area (Å²) in [5.74, 6) is -1.22. The first-order chi connectivity index (χ1) is 12.1. The van der Waals surface area contributed by atoms with Crippen molar-refractivity contribution in [2.45, 2.75) is 6.04 Å². The van der Waals surface area contributed by atoms with Gasteiger partial charge in [0.25, 0.3) is 5.91 Å². The number of carbonyl (C=O) groups is 1. The summed E-state index contributed by atoms with van der Waals surface area (Å²) in [5.41, 5.74) is 0.782. The Balaban J connectivity index is 1.67. The Morgan fingerprint density at radius 1 is 1.00 bits per heavy atom. The topological polar surface area (TPSA) is 47.3 Å². The van der Waals surface area contributed by atoms with Crippen molar-refractivity contribution >= 4 is 5.91 Å². The molecule has 1 heterocycles. The minimum Gasteiger partial charge on any atom is -0.336 e. The Bertz CT molecular complexity index is 793. The molecule has 1 aliphatic heterocycles. The van der Waals surface area contributed by atoms with Crippen LogP contribution in [0.25, 0.3) is 0 Å². The zero-order valence-corrected chi connectivity index (χ0v) is 13.5. The van der Waals surface area contributed by atoms with Crippen molar-refractivity contribution in [1.29, 1.82) is 5.26 Å². The lowest BCUT2D eigenvalue weighted by atomic mass is 10.1. The van der Waals surface area contributed by atoms with E-state index in [1.54, 1.807) is 29.2 Å². The van der Waals surface area contributed by atoms with Crippen molar-refractivity contribution in [2.75, 3.05) is 26.2 Å². The number of rotatable bonds is 3. The van der Waals surface area contributed by atoms with Gasteiger partial charge in [0, 0.05) is 26.2 Å². The first kappa shape index (κ1) is 17.1. The van der Waals surface area contributed by atoms with E-state index in [1.165, 1.54) is 24.3 Å². The Kier molecular flexibility index (Phi) is 5.05. The minimum absolute atomic E-state index is 0.0614. The molecule has 0 aromatic heterocycles. The number of benzene rings is 2. The van der Waals surface area contributed by atoms with Gasteiger partial charge in [0.1, 0.15) is 17.7 Å². The fourth-order valence-electron chi connectivity index (χ4n) is 3.00. The Labute approximate surface area is 144 Å². The van der Waals surface area contributed by atoms with Crippen molar-refractivity contribution in [3.8, 4) is 6.07 Å². The molecule has 128 valence electrons. The standard InChI is InChI=1S/C19H17F2N3O/c20-15-7-5-14(6-8-15)18(13-22)23-9-11-24(12-10-23)19(25)16-3-1-2-4-17(16)21/h1-8,18H,9-12H2/t18-/m1/s1. The maximum Gasteiger partial charge on any atom is 0.256 e. The third-order valence-corrected chi connectivity index (χ3v) is 4.38. The average molecular weight is 341 g/mol. The summed E-state index contributed by atoms with van der Waals surface area (Å²) in [6.45, 7) is 1.81. The highest BCUT2D eigenvalue weighted by molar-refractivity contribution is 5.94. The molecule has 1 aliphatic rings. The Morgan fingerprint density at radius 2 is 1.64 bits per heavy atom. The van der Waals surface area contributed by atoms with Gasteiger partial charge in [-0.15, -0.1) is 0 Å². The smallest absolute Gasteiger partial charge is 0.256 e. The first-order valence-electron chi connectivity index (χ1n) is 8.03. The van der Waals surface area contributed by atoms with E-state index in [0.29, 0.717) is 26.2 Å². The van der Waals surface area contributed by atoms with E-state index in [0.717, 1.165) is 5.56 Å². The number of piperazine rings is 1. The van der Waals surface area contributed by atoms with Crippen LogP contribution in [0.15, 0.2) is 48.5 Å². The molecule has 1 saturated heterocycles. The molecule has 1 amide bonds. The van der Waals surface area contributed by atoms with Gasteiger partial charge in [0.15, 0.2) is 0 Å². The lowest BCUT2D eigenvalue weighted by Crippen LogP contribution is -2.49. The monoisotopic (exact) mass is 341 g/mol. The molecule has 0 N–H and O–H groups in total. The fraction of sp³-hybridized carbons (Fsp3) is 0.263. The van der Waals surface area contributed by atoms with Crippen LogP contribution in [-0.4, -0.2) is 41.9 Å². The number of amides is 1. The van der Waals surface area contributed by atoms with E-state index in [1.807, 2.05) is 4.90 Å². The van der Waals surface area contributed by atoms with Gasteiger partial charge in [0.2, 0.25) is 0 Å². The normalized spacial score (nSPS) is 16.3. The van der Waals surface area contributed by atoms with E-state index < -0.39 is 11.9 Å². The SMILES string of the molecule is N#C[C@H](c1ccc(F)cc1)N1CCN(C(=O)c2ccccc2F)CC1. The molecule has 25 heavy (non-hydrogen) atoms. The predicted octanol–water partition coefficient (Wildman–Crippen LogP) is 2.99. The van der Waals surface area contributed by atoms with E-state index in [9.17, 15) is 18.8 Å². The highest BCUT2D eigenvalue weighted by Crippen LogP contribution is 2.22. The number of hydrogen-bond acceptors (Lipinski definition) is 3. The Hall–Kier alpha value is -2.78. The maximum atomic E-state index is 13.8. The molecular weight excluding hydrogens is 324 g/mol. The molecule has 2 aromatic rings. The third kappa shape index (κ3) is 3.67. The number of halogens is 2. The summed E-state index contributed by atoms with van der Waals surface area (Å²) >= 11 is 0. The summed E-state index contributed by atoms with van der Waals surface area (Å²) in [6, 6.07) is 13.5. The van der Waals surface area contributed by atoms with E-state index >= 15 is 0 Å². The van der Waals surface area contributed by atoms with Gasteiger partial charge in [-0.1, -0.05) is 24.3 Å². The number of nitrogens with zero attached hydrogens (tertiary/aromatic N) is 3.